The molecule has 0 saturated heterocycles. The molecule has 0 saturated carbocycles. The number of aromatic nitrogens is 1. The highest BCUT2D eigenvalue weighted by Gasteiger charge is 1.99. The van der Waals surface area contributed by atoms with Crippen LogP contribution in [0.4, 0.5) is 0 Å². The van der Waals surface area contributed by atoms with E-state index in [-0.39, 0.29) is 6.61 Å². The Kier molecular flexibility index (Phi) is 1.85. The lowest BCUT2D eigenvalue weighted by Gasteiger charge is -1.87. The highest BCUT2D eigenvalue weighted by Crippen LogP contribution is 2.03. The second-order valence-electron chi connectivity index (χ2n) is 1.92. The van der Waals surface area contributed by atoms with Gasteiger partial charge in [0.2, 0.25) is 0 Å². The normalized spacial score (nSPS) is 10.0. The summed E-state index contributed by atoms with van der Waals surface area (Å²) in [6, 6.07) is 0. The summed E-state index contributed by atoms with van der Waals surface area (Å²) >= 11 is 0. The molecule has 0 aromatic carbocycles. The van der Waals surface area contributed by atoms with E-state index in [4.69, 9.17) is 5.11 Å². The SMILES string of the molecule is Cc1conc1CCO. The molecule has 0 bridgehead atoms. The van der Waals surface area contributed by atoms with Crippen LogP contribution in [0.5, 0.6) is 0 Å². The average Bonchev–Trinajstić information content (AvgIpc) is 2.18. The zero-order chi connectivity index (χ0) is 6.69. The Morgan fingerprint density at radius 1 is 1.78 bits per heavy atom. The van der Waals surface area contributed by atoms with Crippen molar-refractivity contribution in [2.24, 2.45) is 0 Å². The molecule has 3 nitrogen and oxygen atoms in total. The summed E-state index contributed by atoms with van der Waals surface area (Å²) in [5, 5.41) is 12.2. The van der Waals surface area contributed by atoms with Gasteiger partial charge < -0.3 is 9.63 Å². The summed E-state index contributed by atoms with van der Waals surface area (Å²) in [5.41, 5.74) is 1.85. The number of hydrogen-bond donors (Lipinski definition) is 1. The molecule has 50 valence electrons. The number of hydrogen-bond acceptors (Lipinski definition) is 3. The maximum Gasteiger partial charge on any atom is 0.126 e. The lowest BCUT2D eigenvalue weighted by atomic mass is 10.2. The molecule has 3 heteroatoms. The monoisotopic (exact) mass is 127 g/mol. The van der Waals surface area contributed by atoms with Crippen molar-refractivity contribution in [3.63, 3.8) is 0 Å². The number of nitrogens with zero attached hydrogens (tertiary/aromatic N) is 1. The molecule has 1 rings (SSSR count). The third kappa shape index (κ3) is 1.29. The zero-order valence-corrected chi connectivity index (χ0v) is 5.29. The minimum absolute atomic E-state index is 0.132. The quantitative estimate of drug-likeness (QED) is 0.629. The fraction of sp³-hybridized carbons (Fsp3) is 0.500. The van der Waals surface area contributed by atoms with Gasteiger partial charge in [-0.1, -0.05) is 5.16 Å². The molecular formula is C6H9NO2. The van der Waals surface area contributed by atoms with Gasteiger partial charge in [-0.25, -0.2) is 0 Å². The van der Waals surface area contributed by atoms with Crippen LogP contribution in [0, 0.1) is 6.92 Å². The maximum absolute atomic E-state index is 8.48. The van der Waals surface area contributed by atoms with Crippen molar-refractivity contribution in [3.8, 4) is 0 Å². The standard InChI is InChI=1S/C6H9NO2/c1-5-4-9-7-6(5)2-3-8/h4,8H,2-3H2,1H3. The Morgan fingerprint density at radius 3 is 3.00 bits per heavy atom. The molecule has 0 spiro atoms. The van der Waals surface area contributed by atoms with E-state index in [1.54, 1.807) is 6.26 Å². The number of aliphatic hydroxyl groups excluding tert-OH is 1. The highest BCUT2D eigenvalue weighted by molar-refractivity contribution is 5.11. The van der Waals surface area contributed by atoms with E-state index in [1.165, 1.54) is 0 Å². The molecule has 0 aliphatic rings. The van der Waals surface area contributed by atoms with Crippen LogP contribution in [0.3, 0.4) is 0 Å². The van der Waals surface area contributed by atoms with E-state index in [0.717, 1.165) is 11.3 Å². The van der Waals surface area contributed by atoms with E-state index in [1.807, 2.05) is 6.92 Å². The van der Waals surface area contributed by atoms with Gasteiger partial charge in [0.15, 0.2) is 0 Å². The van der Waals surface area contributed by atoms with Crippen molar-refractivity contribution in [1.82, 2.24) is 5.16 Å². The van der Waals surface area contributed by atoms with Gasteiger partial charge in [0, 0.05) is 18.6 Å². The first kappa shape index (κ1) is 6.29. The van der Waals surface area contributed by atoms with Crippen LogP contribution in [0.25, 0.3) is 0 Å². The average molecular weight is 127 g/mol. The molecular weight excluding hydrogens is 118 g/mol. The van der Waals surface area contributed by atoms with Crippen LogP contribution in [0.1, 0.15) is 11.3 Å². The maximum atomic E-state index is 8.48. The predicted octanol–water partition coefficient (Wildman–Crippen LogP) is 0.518. The molecule has 0 fully saturated rings. The van der Waals surface area contributed by atoms with E-state index >= 15 is 0 Å². The zero-order valence-electron chi connectivity index (χ0n) is 5.29. The third-order valence-corrected chi connectivity index (χ3v) is 1.20. The second-order valence-corrected chi connectivity index (χ2v) is 1.92. The van der Waals surface area contributed by atoms with E-state index < -0.39 is 0 Å². The minimum atomic E-state index is 0.132. The largest absolute Gasteiger partial charge is 0.396 e. The molecule has 0 radical (unpaired) electrons. The fourth-order valence-electron chi connectivity index (χ4n) is 0.658. The van der Waals surface area contributed by atoms with E-state index in [9.17, 15) is 0 Å². The number of aryl methyl sites for hydroxylation is 1. The third-order valence-electron chi connectivity index (χ3n) is 1.20. The van der Waals surface area contributed by atoms with Crippen molar-refractivity contribution in [2.45, 2.75) is 13.3 Å². The molecule has 0 unspecified atom stereocenters. The van der Waals surface area contributed by atoms with E-state index in [0.29, 0.717) is 6.42 Å². The van der Waals surface area contributed by atoms with Crippen LogP contribution in [0.15, 0.2) is 10.8 Å². The van der Waals surface area contributed by atoms with Gasteiger partial charge in [0.1, 0.15) is 6.26 Å². The molecule has 0 aliphatic heterocycles. The first-order chi connectivity index (χ1) is 4.34. The first-order valence-electron chi connectivity index (χ1n) is 2.85. The minimum Gasteiger partial charge on any atom is -0.396 e. The second kappa shape index (κ2) is 2.64. The van der Waals surface area contributed by atoms with Gasteiger partial charge in [-0.15, -0.1) is 0 Å². The molecule has 0 amide bonds. The molecule has 0 atom stereocenters. The van der Waals surface area contributed by atoms with Gasteiger partial charge in [-0.3, -0.25) is 0 Å². The molecule has 9 heavy (non-hydrogen) atoms. The summed E-state index contributed by atoms with van der Waals surface area (Å²) in [6.07, 6.45) is 2.16. The van der Waals surface area contributed by atoms with Gasteiger partial charge in [0.05, 0.1) is 5.69 Å². The smallest absolute Gasteiger partial charge is 0.126 e. The Labute approximate surface area is 53.3 Å². The lowest BCUT2D eigenvalue weighted by Crippen LogP contribution is -1.91. The van der Waals surface area contributed by atoms with Gasteiger partial charge in [-0.05, 0) is 6.92 Å². The first-order valence-corrected chi connectivity index (χ1v) is 2.85. The Bertz CT molecular complexity index is 183. The Morgan fingerprint density at radius 2 is 2.56 bits per heavy atom. The summed E-state index contributed by atoms with van der Waals surface area (Å²) in [4.78, 5) is 0. The number of aliphatic hydroxyl groups is 1. The molecule has 1 heterocycles. The highest BCUT2D eigenvalue weighted by atomic mass is 16.5. The summed E-state index contributed by atoms with van der Waals surface area (Å²) < 4.78 is 4.64. The van der Waals surface area contributed by atoms with Gasteiger partial charge in [-0.2, -0.15) is 0 Å². The van der Waals surface area contributed by atoms with Crippen molar-refractivity contribution >= 4 is 0 Å². The van der Waals surface area contributed by atoms with Crippen LogP contribution >= 0.6 is 0 Å². The Hall–Kier alpha value is -0.830. The summed E-state index contributed by atoms with van der Waals surface area (Å²) in [5.74, 6) is 0. The van der Waals surface area contributed by atoms with Crippen molar-refractivity contribution in [3.05, 3.63) is 17.5 Å². The van der Waals surface area contributed by atoms with Gasteiger partial charge >= 0.3 is 0 Å². The molecule has 1 aromatic rings. The molecule has 0 aliphatic carbocycles. The van der Waals surface area contributed by atoms with Crippen molar-refractivity contribution in [2.75, 3.05) is 6.61 Å². The predicted molar refractivity (Wildman–Crippen MR) is 32.0 cm³/mol. The van der Waals surface area contributed by atoms with Crippen LogP contribution < -0.4 is 0 Å². The summed E-state index contributed by atoms with van der Waals surface area (Å²) in [7, 11) is 0. The van der Waals surface area contributed by atoms with Crippen molar-refractivity contribution in [1.29, 1.82) is 0 Å². The van der Waals surface area contributed by atoms with Crippen molar-refractivity contribution < 1.29 is 9.63 Å². The lowest BCUT2D eigenvalue weighted by molar-refractivity contribution is 0.294. The van der Waals surface area contributed by atoms with Gasteiger partial charge in [0.25, 0.3) is 0 Å². The fourth-order valence-corrected chi connectivity index (χ4v) is 0.658. The topological polar surface area (TPSA) is 46.3 Å². The van der Waals surface area contributed by atoms with Crippen LogP contribution in [-0.2, 0) is 6.42 Å². The van der Waals surface area contributed by atoms with Crippen LogP contribution in [-0.4, -0.2) is 16.9 Å². The molecule has 1 N–H and O–H groups in total. The number of rotatable bonds is 2. The van der Waals surface area contributed by atoms with E-state index in [2.05, 4.69) is 9.68 Å². The Balaban J connectivity index is 2.69. The summed E-state index contributed by atoms with van der Waals surface area (Å²) in [6.45, 7) is 2.04. The van der Waals surface area contributed by atoms with Crippen LogP contribution in [0.2, 0.25) is 0 Å². The molecule has 1 aromatic heterocycles.